The zero-order valence-corrected chi connectivity index (χ0v) is 19.3. The second kappa shape index (κ2) is 8.83. The van der Waals surface area contributed by atoms with Gasteiger partial charge in [-0.25, -0.2) is 9.50 Å². The van der Waals surface area contributed by atoms with Crippen molar-refractivity contribution in [1.82, 2.24) is 19.5 Å². The number of halogens is 3. The largest absolute Gasteiger partial charge is 0.416 e. The van der Waals surface area contributed by atoms with Crippen molar-refractivity contribution in [2.75, 3.05) is 13.1 Å². The molecular weight excluding hydrogens is 453 g/mol. The van der Waals surface area contributed by atoms with Crippen LogP contribution in [0.25, 0.3) is 16.8 Å². The van der Waals surface area contributed by atoms with Crippen molar-refractivity contribution < 1.29 is 18.0 Å². The van der Waals surface area contributed by atoms with Crippen LogP contribution in [0.2, 0.25) is 0 Å². The monoisotopic (exact) mass is 478 g/mol. The fraction of sp³-hybridized carbons (Fsp3) is 0.296. The minimum Gasteiger partial charge on any atom is -0.342 e. The van der Waals surface area contributed by atoms with Gasteiger partial charge in [0, 0.05) is 24.8 Å². The summed E-state index contributed by atoms with van der Waals surface area (Å²) in [5.74, 6) is 0.0398. The highest BCUT2D eigenvalue weighted by Gasteiger charge is 2.41. The predicted molar refractivity (Wildman–Crippen MR) is 127 cm³/mol. The topological polar surface area (TPSA) is 50.5 Å². The lowest BCUT2D eigenvalue weighted by atomic mass is 9.78. The molecule has 2 aromatic carbocycles. The summed E-state index contributed by atoms with van der Waals surface area (Å²) >= 11 is 0. The highest BCUT2D eigenvalue weighted by atomic mass is 19.4. The van der Waals surface area contributed by atoms with Gasteiger partial charge in [-0.3, -0.25) is 4.79 Å². The van der Waals surface area contributed by atoms with Crippen LogP contribution in [-0.2, 0) is 22.8 Å². The number of rotatable bonds is 5. The second-order valence-electron chi connectivity index (χ2n) is 9.19. The molecule has 1 unspecified atom stereocenters. The molecule has 1 aliphatic rings. The van der Waals surface area contributed by atoms with Gasteiger partial charge in [-0.1, -0.05) is 42.5 Å². The van der Waals surface area contributed by atoms with E-state index >= 15 is 0 Å². The number of carbonyl (C=O) groups excluding carboxylic acids is 1. The van der Waals surface area contributed by atoms with E-state index in [2.05, 4.69) is 10.1 Å². The lowest BCUT2D eigenvalue weighted by Crippen LogP contribution is -2.46. The van der Waals surface area contributed by atoms with Gasteiger partial charge in [0.15, 0.2) is 5.65 Å². The minimum atomic E-state index is -4.40. The minimum absolute atomic E-state index is 0.0398. The first-order valence-electron chi connectivity index (χ1n) is 11.6. The molecule has 0 N–H and O–H groups in total. The van der Waals surface area contributed by atoms with Crippen molar-refractivity contribution in [1.29, 1.82) is 0 Å². The van der Waals surface area contributed by atoms with E-state index in [0.29, 0.717) is 28.9 Å². The third-order valence-corrected chi connectivity index (χ3v) is 6.76. The molecular formula is C27H25F3N4O. The molecule has 3 heterocycles. The lowest BCUT2D eigenvalue weighted by Gasteiger charge is -2.33. The maximum absolute atomic E-state index is 13.9. The van der Waals surface area contributed by atoms with Crippen molar-refractivity contribution >= 4 is 11.6 Å². The fourth-order valence-corrected chi connectivity index (χ4v) is 4.90. The summed E-state index contributed by atoms with van der Waals surface area (Å²) in [6, 6.07) is 16.6. The standard InChI is InChI=1S/C27H25F3N4O/c1-26(17-19-7-3-2-4-8-19,25(35)33-15-5-6-16-33)23-13-14-31-24-22(18-32-34(23)24)20-9-11-21(12-10-20)27(28,29)30/h2-4,7-14,18H,5-6,15-17H2,1H3. The number of aromatic nitrogens is 3. The number of amides is 1. The van der Waals surface area contributed by atoms with Crippen molar-refractivity contribution in [2.45, 2.75) is 37.8 Å². The van der Waals surface area contributed by atoms with Crippen molar-refractivity contribution in [3.8, 4) is 11.1 Å². The maximum atomic E-state index is 13.9. The average Bonchev–Trinajstić information content (AvgIpc) is 3.54. The summed E-state index contributed by atoms with van der Waals surface area (Å²) in [5.41, 5.74) is 1.79. The lowest BCUT2D eigenvalue weighted by molar-refractivity contribution is -0.137. The number of likely N-dealkylation sites (tertiary alicyclic amines) is 1. The molecule has 0 radical (unpaired) electrons. The number of carbonyl (C=O) groups is 1. The third kappa shape index (κ3) is 4.29. The van der Waals surface area contributed by atoms with Gasteiger partial charge in [-0.05, 0) is 55.5 Å². The van der Waals surface area contributed by atoms with Gasteiger partial charge in [0.2, 0.25) is 5.91 Å². The van der Waals surface area contributed by atoms with E-state index in [0.717, 1.165) is 43.6 Å². The van der Waals surface area contributed by atoms with Crippen molar-refractivity contribution in [3.63, 3.8) is 0 Å². The Kier molecular flexibility index (Phi) is 5.83. The van der Waals surface area contributed by atoms with E-state index in [9.17, 15) is 18.0 Å². The smallest absolute Gasteiger partial charge is 0.342 e. The van der Waals surface area contributed by atoms with Crippen molar-refractivity contribution in [3.05, 3.63) is 89.9 Å². The highest BCUT2D eigenvalue weighted by Crippen LogP contribution is 2.35. The first-order valence-corrected chi connectivity index (χ1v) is 11.6. The highest BCUT2D eigenvalue weighted by molar-refractivity contribution is 5.88. The van der Waals surface area contributed by atoms with Gasteiger partial charge < -0.3 is 4.90 Å². The van der Waals surface area contributed by atoms with Crippen LogP contribution >= 0.6 is 0 Å². The summed E-state index contributed by atoms with van der Waals surface area (Å²) in [7, 11) is 0. The third-order valence-electron chi connectivity index (χ3n) is 6.76. The molecule has 5 rings (SSSR count). The Morgan fingerprint density at radius 2 is 1.66 bits per heavy atom. The number of nitrogens with zero attached hydrogens (tertiary/aromatic N) is 4. The molecule has 180 valence electrons. The van der Waals surface area contributed by atoms with Crippen LogP contribution < -0.4 is 0 Å². The number of hydrogen-bond acceptors (Lipinski definition) is 3. The number of alkyl halides is 3. The first kappa shape index (κ1) is 23.1. The summed E-state index contributed by atoms with van der Waals surface area (Å²) in [6.07, 6.45) is 1.29. The molecule has 0 bridgehead atoms. The van der Waals surface area contributed by atoms with E-state index in [1.54, 1.807) is 16.9 Å². The van der Waals surface area contributed by atoms with E-state index in [4.69, 9.17) is 0 Å². The normalized spacial score (nSPS) is 15.9. The maximum Gasteiger partial charge on any atom is 0.416 e. The summed E-state index contributed by atoms with van der Waals surface area (Å²) < 4.78 is 40.7. The van der Waals surface area contributed by atoms with Gasteiger partial charge in [0.25, 0.3) is 0 Å². The van der Waals surface area contributed by atoms with Crippen molar-refractivity contribution in [2.24, 2.45) is 0 Å². The van der Waals surface area contributed by atoms with Gasteiger partial charge >= 0.3 is 6.18 Å². The molecule has 0 spiro atoms. The summed E-state index contributed by atoms with van der Waals surface area (Å²) in [6.45, 7) is 3.40. The molecule has 5 nitrogen and oxygen atoms in total. The zero-order chi connectivity index (χ0) is 24.6. The molecule has 8 heteroatoms. The molecule has 1 aliphatic heterocycles. The molecule has 4 aromatic rings. The summed E-state index contributed by atoms with van der Waals surface area (Å²) in [5, 5.41) is 4.54. The molecule has 0 saturated carbocycles. The van der Waals surface area contributed by atoms with E-state index in [1.165, 1.54) is 12.1 Å². The van der Waals surface area contributed by atoms with Crippen LogP contribution in [0.1, 0.15) is 36.6 Å². The number of fused-ring (bicyclic) bond motifs is 1. The molecule has 1 amide bonds. The van der Waals surface area contributed by atoms with Crippen LogP contribution in [0.15, 0.2) is 73.1 Å². The molecule has 35 heavy (non-hydrogen) atoms. The van der Waals surface area contributed by atoms with Crippen LogP contribution in [0.5, 0.6) is 0 Å². The number of benzene rings is 2. The Morgan fingerprint density at radius 1 is 0.971 bits per heavy atom. The molecule has 2 aromatic heterocycles. The fourth-order valence-electron chi connectivity index (χ4n) is 4.90. The zero-order valence-electron chi connectivity index (χ0n) is 19.3. The Balaban J connectivity index is 1.60. The Hall–Kier alpha value is -3.68. The van der Waals surface area contributed by atoms with E-state index in [1.807, 2.05) is 48.2 Å². The molecule has 1 atom stereocenters. The Bertz CT molecular complexity index is 1340. The SMILES string of the molecule is CC(Cc1ccccc1)(C(=O)N1CCCC1)c1ccnc2c(-c3ccc(C(F)(F)F)cc3)cnn12. The molecule has 1 fully saturated rings. The van der Waals surface area contributed by atoms with Gasteiger partial charge in [0.05, 0.1) is 22.9 Å². The molecule has 0 aliphatic carbocycles. The van der Waals surface area contributed by atoms with Crippen LogP contribution in [0.3, 0.4) is 0 Å². The quantitative estimate of drug-likeness (QED) is 0.379. The average molecular weight is 479 g/mol. The summed E-state index contributed by atoms with van der Waals surface area (Å²) in [4.78, 5) is 20.3. The van der Waals surface area contributed by atoms with Crippen LogP contribution in [-0.4, -0.2) is 38.5 Å². The Morgan fingerprint density at radius 3 is 2.31 bits per heavy atom. The molecule has 1 saturated heterocycles. The van der Waals surface area contributed by atoms with Crippen LogP contribution in [0, 0.1) is 0 Å². The van der Waals surface area contributed by atoms with Crippen LogP contribution in [0.4, 0.5) is 13.2 Å². The Labute approximate surface area is 201 Å². The first-order chi connectivity index (χ1) is 16.8. The van der Waals surface area contributed by atoms with Gasteiger partial charge in [0.1, 0.15) is 0 Å². The predicted octanol–water partition coefficient (Wildman–Crippen LogP) is 5.54. The number of hydrogen-bond donors (Lipinski definition) is 0. The van der Waals surface area contributed by atoms with E-state index in [-0.39, 0.29) is 5.91 Å². The van der Waals surface area contributed by atoms with Gasteiger partial charge in [-0.15, -0.1) is 0 Å². The van der Waals surface area contributed by atoms with Gasteiger partial charge in [-0.2, -0.15) is 18.3 Å². The van der Waals surface area contributed by atoms with E-state index < -0.39 is 17.2 Å². The second-order valence-corrected chi connectivity index (χ2v) is 9.19.